The minimum absolute atomic E-state index is 0.134. The Morgan fingerprint density at radius 1 is 1.58 bits per heavy atom. The SMILES string of the molecule is Cc1cn[nH]c1[C@H]1CCCN1C(=O)Cn1ccnc1. The predicted octanol–water partition coefficient (Wildman–Crippen LogP) is 1.28. The molecule has 0 radical (unpaired) electrons. The van der Waals surface area contributed by atoms with Gasteiger partial charge in [0, 0.05) is 18.9 Å². The number of rotatable bonds is 3. The maximum Gasteiger partial charge on any atom is 0.243 e. The third-order valence-electron chi connectivity index (χ3n) is 3.65. The fraction of sp³-hybridized carbons (Fsp3) is 0.462. The van der Waals surface area contributed by atoms with Crippen molar-refractivity contribution >= 4 is 5.91 Å². The zero-order chi connectivity index (χ0) is 13.2. The van der Waals surface area contributed by atoms with Crippen LogP contribution in [0.3, 0.4) is 0 Å². The molecule has 3 rings (SSSR count). The van der Waals surface area contributed by atoms with Crippen LogP contribution in [0.1, 0.15) is 30.1 Å². The Labute approximate surface area is 111 Å². The Balaban J connectivity index is 1.76. The first-order valence-electron chi connectivity index (χ1n) is 6.51. The number of hydrogen-bond acceptors (Lipinski definition) is 3. The van der Waals surface area contributed by atoms with Gasteiger partial charge in [0.25, 0.3) is 0 Å². The second-order valence-electron chi connectivity index (χ2n) is 4.95. The van der Waals surface area contributed by atoms with E-state index in [0.29, 0.717) is 6.54 Å². The number of nitrogens with zero attached hydrogens (tertiary/aromatic N) is 4. The van der Waals surface area contributed by atoms with Gasteiger partial charge in [-0.3, -0.25) is 9.89 Å². The molecule has 0 bridgehead atoms. The molecule has 0 aliphatic carbocycles. The normalized spacial score (nSPS) is 19.0. The molecule has 1 saturated heterocycles. The quantitative estimate of drug-likeness (QED) is 0.903. The summed E-state index contributed by atoms with van der Waals surface area (Å²) in [6.07, 6.45) is 9.02. The van der Waals surface area contributed by atoms with E-state index in [4.69, 9.17) is 0 Å². The molecular weight excluding hydrogens is 242 g/mol. The number of nitrogens with one attached hydrogen (secondary N) is 1. The number of aryl methyl sites for hydroxylation is 1. The van der Waals surface area contributed by atoms with Gasteiger partial charge in [-0.1, -0.05) is 0 Å². The molecule has 6 nitrogen and oxygen atoms in total. The molecular formula is C13H17N5O. The highest BCUT2D eigenvalue weighted by molar-refractivity contribution is 5.76. The van der Waals surface area contributed by atoms with Crippen LogP contribution in [0.25, 0.3) is 0 Å². The number of amides is 1. The van der Waals surface area contributed by atoms with Crippen molar-refractivity contribution in [2.75, 3.05) is 6.54 Å². The van der Waals surface area contributed by atoms with Gasteiger partial charge in [-0.25, -0.2) is 4.98 Å². The average Bonchev–Trinajstić information content (AvgIpc) is 3.07. The predicted molar refractivity (Wildman–Crippen MR) is 69.2 cm³/mol. The van der Waals surface area contributed by atoms with Crippen LogP contribution in [0.2, 0.25) is 0 Å². The van der Waals surface area contributed by atoms with Crippen LogP contribution in [0.5, 0.6) is 0 Å². The molecule has 6 heteroatoms. The lowest BCUT2D eigenvalue weighted by Crippen LogP contribution is -2.33. The van der Waals surface area contributed by atoms with E-state index in [2.05, 4.69) is 15.2 Å². The van der Waals surface area contributed by atoms with Gasteiger partial charge in [0.05, 0.1) is 24.3 Å². The Bertz CT molecular complexity index is 559. The zero-order valence-corrected chi connectivity index (χ0v) is 10.9. The van der Waals surface area contributed by atoms with Crippen molar-refractivity contribution in [3.05, 3.63) is 36.2 Å². The second-order valence-corrected chi connectivity index (χ2v) is 4.95. The third-order valence-corrected chi connectivity index (χ3v) is 3.65. The van der Waals surface area contributed by atoms with Crippen molar-refractivity contribution in [1.29, 1.82) is 0 Å². The van der Waals surface area contributed by atoms with E-state index in [9.17, 15) is 4.79 Å². The smallest absolute Gasteiger partial charge is 0.243 e. The zero-order valence-electron chi connectivity index (χ0n) is 10.9. The first-order valence-corrected chi connectivity index (χ1v) is 6.51. The molecule has 19 heavy (non-hydrogen) atoms. The van der Waals surface area contributed by atoms with Crippen LogP contribution in [0.4, 0.5) is 0 Å². The van der Waals surface area contributed by atoms with Gasteiger partial charge < -0.3 is 9.47 Å². The van der Waals surface area contributed by atoms with Gasteiger partial charge in [-0.15, -0.1) is 0 Å². The largest absolute Gasteiger partial charge is 0.333 e. The summed E-state index contributed by atoms with van der Waals surface area (Å²) in [6.45, 7) is 3.19. The van der Waals surface area contributed by atoms with E-state index < -0.39 is 0 Å². The number of carbonyl (C=O) groups is 1. The van der Waals surface area contributed by atoms with E-state index in [-0.39, 0.29) is 11.9 Å². The van der Waals surface area contributed by atoms with Crippen LogP contribution < -0.4 is 0 Å². The Kier molecular flexibility index (Phi) is 3.06. The summed E-state index contributed by atoms with van der Waals surface area (Å²) < 4.78 is 1.80. The van der Waals surface area contributed by atoms with Crippen molar-refractivity contribution < 1.29 is 4.79 Å². The van der Waals surface area contributed by atoms with Crippen LogP contribution in [0.15, 0.2) is 24.9 Å². The molecule has 2 aromatic heterocycles. The maximum absolute atomic E-state index is 12.4. The standard InChI is InChI=1S/C13H17N5O/c1-10-7-15-16-13(10)11-3-2-5-18(11)12(19)8-17-6-4-14-9-17/h4,6-7,9,11H,2-3,5,8H2,1H3,(H,15,16)/t11-/m1/s1. The highest BCUT2D eigenvalue weighted by atomic mass is 16.2. The summed E-state index contributed by atoms with van der Waals surface area (Å²) in [5, 5.41) is 7.09. The molecule has 1 fully saturated rings. The fourth-order valence-electron chi connectivity index (χ4n) is 2.69. The molecule has 0 unspecified atom stereocenters. The third kappa shape index (κ3) is 2.25. The molecule has 1 amide bonds. The minimum atomic E-state index is 0.134. The fourth-order valence-corrected chi connectivity index (χ4v) is 2.69. The van der Waals surface area contributed by atoms with Crippen molar-refractivity contribution in [2.45, 2.75) is 32.4 Å². The first-order chi connectivity index (χ1) is 9.25. The van der Waals surface area contributed by atoms with Crippen LogP contribution in [-0.2, 0) is 11.3 Å². The Morgan fingerprint density at radius 3 is 3.16 bits per heavy atom. The molecule has 1 aliphatic heterocycles. The molecule has 0 spiro atoms. The van der Waals surface area contributed by atoms with Gasteiger partial charge in [0.1, 0.15) is 6.54 Å². The van der Waals surface area contributed by atoms with Gasteiger partial charge in [-0.2, -0.15) is 5.10 Å². The Hall–Kier alpha value is -2.11. The van der Waals surface area contributed by atoms with Crippen LogP contribution in [0, 0.1) is 6.92 Å². The van der Waals surface area contributed by atoms with Crippen molar-refractivity contribution in [2.24, 2.45) is 0 Å². The van der Waals surface area contributed by atoms with Crippen molar-refractivity contribution in [1.82, 2.24) is 24.6 Å². The van der Waals surface area contributed by atoms with Crippen molar-refractivity contribution in [3.63, 3.8) is 0 Å². The minimum Gasteiger partial charge on any atom is -0.333 e. The van der Waals surface area contributed by atoms with E-state index in [1.54, 1.807) is 17.1 Å². The number of aromatic nitrogens is 4. The van der Waals surface area contributed by atoms with E-state index in [1.165, 1.54) is 0 Å². The Morgan fingerprint density at radius 2 is 2.47 bits per heavy atom. The van der Waals surface area contributed by atoms with Gasteiger partial charge >= 0.3 is 0 Å². The highest BCUT2D eigenvalue weighted by Gasteiger charge is 2.31. The molecule has 1 aliphatic rings. The second kappa shape index (κ2) is 4.87. The summed E-state index contributed by atoms with van der Waals surface area (Å²) in [7, 11) is 0. The number of imidazole rings is 1. The average molecular weight is 259 g/mol. The number of aromatic amines is 1. The molecule has 1 atom stereocenters. The highest BCUT2D eigenvalue weighted by Crippen LogP contribution is 2.32. The van der Waals surface area contributed by atoms with E-state index in [0.717, 1.165) is 30.6 Å². The number of carbonyl (C=O) groups excluding carboxylic acids is 1. The van der Waals surface area contributed by atoms with Crippen LogP contribution >= 0.6 is 0 Å². The van der Waals surface area contributed by atoms with Gasteiger partial charge in [0.15, 0.2) is 0 Å². The summed E-state index contributed by atoms with van der Waals surface area (Å²) in [4.78, 5) is 18.3. The van der Waals surface area contributed by atoms with Gasteiger partial charge in [0.2, 0.25) is 5.91 Å². The summed E-state index contributed by atoms with van der Waals surface area (Å²) >= 11 is 0. The topological polar surface area (TPSA) is 66.8 Å². The van der Waals surface area contributed by atoms with Crippen LogP contribution in [-0.4, -0.2) is 37.1 Å². The molecule has 3 heterocycles. The van der Waals surface area contributed by atoms with E-state index in [1.807, 2.05) is 24.2 Å². The first kappa shape index (κ1) is 12.0. The number of H-pyrrole nitrogens is 1. The lowest BCUT2D eigenvalue weighted by molar-refractivity contribution is -0.132. The molecule has 2 aromatic rings. The molecule has 1 N–H and O–H groups in total. The molecule has 0 aromatic carbocycles. The molecule has 0 saturated carbocycles. The maximum atomic E-state index is 12.4. The lowest BCUT2D eigenvalue weighted by Gasteiger charge is -2.24. The summed E-state index contributed by atoms with van der Waals surface area (Å²) in [5.41, 5.74) is 2.18. The monoisotopic (exact) mass is 259 g/mol. The summed E-state index contributed by atoms with van der Waals surface area (Å²) in [5.74, 6) is 0.134. The summed E-state index contributed by atoms with van der Waals surface area (Å²) in [6, 6.07) is 0.138. The van der Waals surface area contributed by atoms with Crippen molar-refractivity contribution in [3.8, 4) is 0 Å². The van der Waals surface area contributed by atoms with E-state index >= 15 is 0 Å². The number of hydrogen-bond donors (Lipinski definition) is 1. The lowest BCUT2D eigenvalue weighted by atomic mass is 10.1. The molecule has 100 valence electrons. The number of likely N-dealkylation sites (tertiary alicyclic amines) is 1. The van der Waals surface area contributed by atoms with Gasteiger partial charge in [-0.05, 0) is 25.3 Å².